The van der Waals surface area contributed by atoms with Gasteiger partial charge in [-0.05, 0) is 16.3 Å². The van der Waals surface area contributed by atoms with Crippen LogP contribution in [0.15, 0.2) is 42.5 Å². The van der Waals surface area contributed by atoms with Crippen LogP contribution >= 0.6 is 0 Å². The van der Waals surface area contributed by atoms with Crippen molar-refractivity contribution in [2.45, 2.75) is 6.61 Å². The van der Waals surface area contributed by atoms with Crippen molar-refractivity contribution in [3.05, 3.63) is 48.0 Å². The Morgan fingerprint density at radius 3 is 2.78 bits per heavy atom. The highest BCUT2D eigenvalue weighted by molar-refractivity contribution is 5.85. The first-order chi connectivity index (χ1) is 8.81. The third-order valence-corrected chi connectivity index (χ3v) is 2.64. The lowest BCUT2D eigenvalue weighted by molar-refractivity contribution is -0.126. The number of ether oxygens (including phenoxy) is 1. The topological polar surface area (TPSA) is 50.4 Å². The highest BCUT2D eigenvalue weighted by atomic mass is 16.5. The van der Waals surface area contributed by atoms with E-state index >= 15 is 0 Å². The number of hydrazine groups is 1. The molecule has 2 N–H and O–H groups in total. The van der Waals surface area contributed by atoms with Crippen LogP contribution in [-0.4, -0.2) is 19.6 Å². The molecule has 0 bridgehead atoms. The Labute approximate surface area is 106 Å². The smallest absolute Gasteiger partial charge is 0.260 e. The molecule has 2 rings (SSSR count). The molecule has 4 heteroatoms. The SMILES string of the molecule is CNNC(=O)COCc1cccc2ccccc12. The lowest BCUT2D eigenvalue weighted by atomic mass is 10.1. The number of carbonyl (C=O) groups is 1. The van der Waals surface area contributed by atoms with Gasteiger partial charge in [-0.2, -0.15) is 0 Å². The molecule has 2 aromatic rings. The van der Waals surface area contributed by atoms with Crippen LogP contribution < -0.4 is 10.9 Å². The van der Waals surface area contributed by atoms with E-state index in [0.29, 0.717) is 6.61 Å². The Kier molecular flexibility index (Phi) is 4.28. The van der Waals surface area contributed by atoms with Crippen LogP contribution in [0.5, 0.6) is 0 Å². The summed E-state index contributed by atoms with van der Waals surface area (Å²) in [5.74, 6) is -0.183. The molecule has 0 saturated heterocycles. The predicted molar refractivity (Wildman–Crippen MR) is 70.8 cm³/mol. The molecule has 1 amide bonds. The first-order valence-corrected chi connectivity index (χ1v) is 5.81. The summed E-state index contributed by atoms with van der Waals surface area (Å²) in [6.45, 7) is 0.475. The second kappa shape index (κ2) is 6.14. The van der Waals surface area contributed by atoms with Gasteiger partial charge in [-0.25, -0.2) is 5.43 Å². The van der Waals surface area contributed by atoms with Crippen LogP contribution in [0, 0.1) is 0 Å². The lowest BCUT2D eigenvalue weighted by Crippen LogP contribution is -2.36. The molecule has 0 heterocycles. The molecule has 0 saturated carbocycles. The van der Waals surface area contributed by atoms with E-state index < -0.39 is 0 Å². The third kappa shape index (κ3) is 3.06. The number of rotatable bonds is 5. The molecule has 0 unspecified atom stereocenters. The number of hydrogen-bond acceptors (Lipinski definition) is 3. The fourth-order valence-corrected chi connectivity index (χ4v) is 1.85. The summed E-state index contributed by atoms with van der Waals surface area (Å²) in [4.78, 5) is 11.2. The maximum absolute atomic E-state index is 11.2. The van der Waals surface area contributed by atoms with Crippen LogP contribution in [0.4, 0.5) is 0 Å². The zero-order valence-electron chi connectivity index (χ0n) is 10.3. The summed E-state index contributed by atoms with van der Waals surface area (Å²) >= 11 is 0. The molecule has 0 radical (unpaired) electrons. The largest absolute Gasteiger partial charge is 0.367 e. The predicted octanol–water partition coefficient (Wildman–Crippen LogP) is 1.61. The van der Waals surface area contributed by atoms with Crippen molar-refractivity contribution in [1.82, 2.24) is 10.9 Å². The second-order valence-electron chi connectivity index (χ2n) is 3.93. The van der Waals surface area contributed by atoms with Gasteiger partial charge in [0.25, 0.3) is 5.91 Å². The minimum absolute atomic E-state index is 0.0457. The second-order valence-corrected chi connectivity index (χ2v) is 3.93. The fourth-order valence-electron chi connectivity index (χ4n) is 1.85. The summed E-state index contributed by atoms with van der Waals surface area (Å²) in [7, 11) is 1.64. The van der Waals surface area contributed by atoms with Gasteiger partial charge in [-0.1, -0.05) is 42.5 Å². The Morgan fingerprint density at radius 1 is 1.17 bits per heavy atom. The molecule has 0 aliphatic rings. The van der Waals surface area contributed by atoms with Gasteiger partial charge < -0.3 is 4.74 Å². The number of nitrogens with one attached hydrogen (secondary N) is 2. The Balaban J connectivity index is 2.01. The van der Waals surface area contributed by atoms with Crippen LogP contribution in [-0.2, 0) is 16.1 Å². The molecule has 0 aliphatic heterocycles. The van der Waals surface area contributed by atoms with Crippen molar-refractivity contribution in [2.24, 2.45) is 0 Å². The maximum Gasteiger partial charge on any atom is 0.260 e. The zero-order chi connectivity index (χ0) is 12.8. The molecule has 0 spiro atoms. The van der Waals surface area contributed by atoms with Gasteiger partial charge in [-0.15, -0.1) is 0 Å². The first-order valence-electron chi connectivity index (χ1n) is 5.81. The molecule has 0 aromatic heterocycles. The van der Waals surface area contributed by atoms with Crippen LogP contribution in [0.25, 0.3) is 10.8 Å². The Hall–Kier alpha value is -1.91. The monoisotopic (exact) mass is 244 g/mol. The van der Waals surface area contributed by atoms with E-state index in [1.807, 2.05) is 24.3 Å². The van der Waals surface area contributed by atoms with Gasteiger partial charge in [0.2, 0.25) is 0 Å². The molecule has 2 aromatic carbocycles. The molecule has 94 valence electrons. The van der Waals surface area contributed by atoms with E-state index in [4.69, 9.17) is 4.74 Å². The Morgan fingerprint density at radius 2 is 1.94 bits per heavy atom. The summed E-state index contributed by atoms with van der Waals surface area (Å²) in [6.07, 6.45) is 0. The van der Waals surface area contributed by atoms with Gasteiger partial charge in [0, 0.05) is 7.05 Å². The van der Waals surface area contributed by atoms with Crippen molar-refractivity contribution in [2.75, 3.05) is 13.7 Å². The van der Waals surface area contributed by atoms with E-state index in [0.717, 1.165) is 10.9 Å². The number of hydrogen-bond donors (Lipinski definition) is 2. The van der Waals surface area contributed by atoms with E-state index in [1.165, 1.54) is 5.39 Å². The van der Waals surface area contributed by atoms with E-state index in [2.05, 4.69) is 29.1 Å². The van der Waals surface area contributed by atoms with Crippen molar-refractivity contribution in [1.29, 1.82) is 0 Å². The number of amides is 1. The van der Waals surface area contributed by atoms with Crippen molar-refractivity contribution in [3.8, 4) is 0 Å². The van der Waals surface area contributed by atoms with Crippen molar-refractivity contribution >= 4 is 16.7 Å². The maximum atomic E-state index is 11.2. The summed E-state index contributed by atoms with van der Waals surface area (Å²) in [5.41, 5.74) is 6.11. The molecular weight excluding hydrogens is 228 g/mol. The van der Waals surface area contributed by atoms with E-state index in [9.17, 15) is 4.79 Å². The van der Waals surface area contributed by atoms with Gasteiger partial charge in [0.05, 0.1) is 6.61 Å². The lowest BCUT2D eigenvalue weighted by Gasteiger charge is -2.07. The number of benzene rings is 2. The first kappa shape index (κ1) is 12.5. The molecule has 0 aliphatic carbocycles. The number of carbonyl (C=O) groups excluding carboxylic acids is 1. The normalized spacial score (nSPS) is 10.5. The molecule has 0 atom stereocenters. The van der Waals surface area contributed by atoms with Gasteiger partial charge in [0.1, 0.15) is 6.61 Å². The summed E-state index contributed by atoms with van der Waals surface area (Å²) < 4.78 is 5.39. The average molecular weight is 244 g/mol. The minimum Gasteiger partial charge on any atom is -0.367 e. The highest BCUT2D eigenvalue weighted by Gasteiger charge is 2.02. The molecular formula is C14H16N2O2. The van der Waals surface area contributed by atoms with Gasteiger partial charge >= 0.3 is 0 Å². The summed E-state index contributed by atoms with van der Waals surface area (Å²) in [5, 5.41) is 2.34. The molecule has 4 nitrogen and oxygen atoms in total. The van der Waals surface area contributed by atoms with E-state index in [-0.39, 0.29) is 12.5 Å². The quantitative estimate of drug-likeness (QED) is 0.786. The average Bonchev–Trinajstić information content (AvgIpc) is 2.39. The standard InChI is InChI=1S/C14H16N2O2/c1-15-16-14(17)10-18-9-12-7-4-6-11-5-2-3-8-13(11)12/h2-8,15H,9-10H2,1H3,(H,16,17). The highest BCUT2D eigenvalue weighted by Crippen LogP contribution is 2.18. The van der Waals surface area contributed by atoms with Crippen molar-refractivity contribution in [3.63, 3.8) is 0 Å². The fraction of sp³-hybridized carbons (Fsp3) is 0.214. The van der Waals surface area contributed by atoms with Crippen LogP contribution in [0.3, 0.4) is 0 Å². The zero-order valence-corrected chi connectivity index (χ0v) is 10.3. The molecule has 18 heavy (non-hydrogen) atoms. The van der Waals surface area contributed by atoms with Crippen LogP contribution in [0.2, 0.25) is 0 Å². The Bertz CT molecular complexity index is 535. The van der Waals surface area contributed by atoms with Gasteiger partial charge in [0.15, 0.2) is 0 Å². The minimum atomic E-state index is -0.183. The van der Waals surface area contributed by atoms with E-state index in [1.54, 1.807) is 7.05 Å². The molecule has 0 fully saturated rings. The summed E-state index contributed by atoms with van der Waals surface area (Å²) in [6, 6.07) is 14.2. The van der Waals surface area contributed by atoms with Crippen molar-refractivity contribution < 1.29 is 9.53 Å². The third-order valence-electron chi connectivity index (χ3n) is 2.64. The van der Waals surface area contributed by atoms with Crippen LogP contribution in [0.1, 0.15) is 5.56 Å². The number of fused-ring (bicyclic) bond motifs is 1. The van der Waals surface area contributed by atoms with Gasteiger partial charge in [-0.3, -0.25) is 10.2 Å².